The molecule has 0 bridgehead atoms. The van der Waals surface area contributed by atoms with Gasteiger partial charge in [-0.05, 0) is 28.1 Å². The Morgan fingerprint density at radius 2 is 2.05 bits per heavy atom. The normalized spacial score (nSPS) is 10.6. The Labute approximate surface area is 120 Å². The third-order valence-corrected chi connectivity index (χ3v) is 3.15. The highest BCUT2D eigenvalue weighted by Crippen LogP contribution is 2.34. The van der Waals surface area contributed by atoms with Crippen molar-refractivity contribution in [2.24, 2.45) is 0 Å². The average Bonchev–Trinajstić information content (AvgIpc) is 2.37. The van der Waals surface area contributed by atoms with Crippen molar-refractivity contribution in [3.63, 3.8) is 0 Å². The molecule has 2 rings (SSSR count). The lowest BCUT2D eigenvalue weighted by atomic mass is 10.3. The number of benzene rings is 1. The molecule has 1 aromatic heterocycles. The minimum atomic E-state index is -0.660. The first-order chi connectivity index (χ1) is 9.01. The molecule has 7 heteroatoms. The lowest BCUT2D eigenvalue weighted by Gasteiger charge is -2.10. The molecule has 0 spiro atoms. The maximum Gasteiger partial charge on any atom is 0.224 e. The fourth-order valence-corrected chi connectivity index (χ4v) is 2.08. The van der Waals surface area contributed by atoms with Crippen molar-refractivity contribution in [1.29, 1.82) is 0 Å². The van der Waals surface area contributed by atoms with Crippen LogP contribution in [0.4, 0.5) is 8.78 Å². The summed E-state index contributed by atoms with van der Waals surface area (Å²) in [7, 11) is 0. The molecule has 0 atom stereocenters. The highest BCUT2D eigenvalue weighted by Gasteiger charge is 2.12. The van der Waals surface area contributed by atoms with Crippen molar-refractivity contribution in [2.75, 3.05) is 0 Å². The third-order valence-electron chi connectivity index (χ3n) is 2.24. The summed E-state index contributed by atoms with van der Waals surface area (Å²) in [5, 5.41) is 9.03. The third kappa shape index (κ3) is 3.20. The highest BCUT2D eigenvalue weighted by atomic mass is 79.9. The van der Waals surface area contributed by atoms with Crippen molar-refractivity contribution in [2.45, 2.75) is 6.61 Å². The van der Waals surface area contributed by atoms with Crippen LogP contribution in [0.15, 0.2) is 28.9 Å². The van der Waals surface area contributed by atoms with Crippen molar-refractivity contribution in [3.05, 3.63) is 51.1 Å². The smallest absolute Gasteiger partial charge is 0.224 e. The van der Waals surface area contributed by atoms with E-state index in [0.717, 1.165) is 18.3 Å². The summed E-state index contributed by atoms with van der Waals surface area (Å²) >= 11 is 8.76. The zero-order valence-corrected chi connectivity index (χ0v) is 11.7. The molecule has 0 fully saturated rings. The summed E-state index contributed by atoms with van der Waals surface area (Å²) in [4.78, 5) is 3.70. The molecule has 1 heterocycles. The van der Waals surface area contributed by atoms with Gasteiger partial charge in [-0.15, -0.1) is 0 Å². The zero-order chi connectivity index (χ0) is 14.0. The molecule has 0 amide bonds. The zero-order valence-electron chi connectivity index (χ0n) is 9.33. The molecule has 0 saturated carbocycles. The molecule has 0 aliphatic carbocycles. The van der Waals surface area contributed by atoms with Crippen LogP contribution in [0, 0.1) is 11.6 Å². The fraction of sp³-hybridized carbons (Fsp3) is 0.0833. The molecule has 2 aromatic rings. The summed E-state index contributed by atoms with van der Waals surface area (Å²) in [6.45, 7) is -0.451. The van der Waals surface area contributed by atoms with Gasteiger partial charge in [0.1, 0.15) is 17.4 Å². The van der Waals surface area contributed by atoms with E-state index in [1.807, 2.05) is 0 Å². The molecule has 19 heavy (non-hydrogen) atoms. The van der Waals surface area contributed by atoms with E-state index in [0.29, 0.717) is 4.47 Å². The molecule has 0 aliphatic rings. The predicted molar refractivity (Wildman–Crippen MR) is 69.3 cm³/mol. The number of nitrogens with zero attached hydrogens (tertiary/aromatic N) is 1. The van der Waals surface area contributed by atoms with Crippen LogP contribution in [0.5, 0.6) is 11.6 Å². The summed E-state index contributed by atoms with van der Waals surface area (Å²) < 4.78 is 32.0. The van der Waals surface area contributed by atoms with Crippen molar-refractivity contribution in [1.82, 2.24) is 4.98 Å². The SMILES string of the molecule is OCc1cc(F)cnc1Oc1cc(F)c(Cl)cc1Br. The number of aliphatic hydroxyl groups excluding tert-OH is 1. The Kier molecular flexibility index (Phi) is 4.34. The van der Waals surface area contributed by atoms with Gasteiger partial charge in [0, 0.05) is 11.6 Å². The van der Waals surface area contributed by atoms with Gasteiger partial charge in [0.2, 0.25) is 5.88 Å². The maximum absolute atomic E-state index is 13.3. The van der Waals surface area contributed by atoms with Crippen LogP contribution < -0.4 is 4.74 Å². The Balaban J connectivity index is 2.39. The van der Waals surface area contributed by atoms with E-state index >= 15 is 0 Å². The molecular formula is C12H7BrClF2NO2. The monoisotopic (exact) mass is 349 g/mol. The Bertz CT molecular complexity index is 625. The van der Waals surface area contributed by atoms with Gasteiger partial charge >= 0.3 is 0 Å². The summed E-state index contributed by atoms with van der Waals surface area (Å²) in [6, 6.07) is 3.48. The van der Waals surface area contributed by atoms with Gasteiger partial charge in [0.05, 0.1) is 22.3 Å². The molecular weight excluding hydrogens is 343 g/mol. The first-order valence-electron chi connectivity index (χ1n) is 5.09. The lowest BCUT2D eigenvalue weighted by molar-refractivity contribution is 0.274. The largest absolute Gasteiger partial charge is 0.437 e. The van der Waals surface area contributed by atoms with Gasteiger partial charge in [-0.25, -0.2) is 13.8 Å². The van der Waals surface area contributed by atoms with E-state index in [-0.39, 0.29) is 22.2 Å². The number of hydrogen-bond acceptors (Lipinski definition) is 3. The lowest BCUT2D eigenvalue weighted by Crippen LogP contribution is -1.97. The number of hydrogen-bond donors (Lipinski definition) is 1. The van der Waals surface area contributed by atoms with E-state index in [2.05, 4.69) is 20.9 Å². The quantitative estimate of drug-likeness (QED) is 0.849. The summed E-state index contributed by atoms with van der Waals surface area (Å²) in [5.74, 6) is -1.15. The number of rotatable bonds is 3. The van der Waals surface area contributed by atoms with Gasteiger partial charge in [-0.2, -0.15) is 0 Å². The number of halogens is 4. The molecule has 1 N–H and O–H groups in total. The van der Waals surface area contributed by atoms with Crippen molar-refractivity contribution in [3.8, 4) is 11.6 Å². The number of aliphatic hydroxyl groups is 1. The predicted octanol–water partition coefficient (Wildman–Crippen LogP) is 4.06. The van der Waals surface area contributed by atoms with Crippen molar-refractivity contribution < 1.29 is 18.6 Å². The summed E-state index contributed by atoms with van der Waals surface area (Å²) in [5.41, 5.74) is 0.155. The van der Waals surface area contributed by atoms with Gasteiger partial charge in [0.15, 0.2) is 0 Å². The van der Waals surface area contributed by atoms with Crippen LogP contribution in [0.1, 0.15) is 5.56 Å². The van der Waals surface area contributed by atoms with E-state index in [9.17, 15) is 8.78 Å². The maximum atomic E-state index is 13.3. The Hall–Kier alpha value is -1.24. The molecule has 100 valence electrons. The molecule has 0 radical (unpaired) electrons. The van der Waals surface area contributed by atoms with Crippen LogP contribution in [-0.4, -0.2) is 10.1 Å². The molecule has 0 saturated heterocycles. The van der Waals surface area contributed by atoms with Crippen LogP contribution >= 0.6 is 27.5 Å². The van der Waals surface area contributed by atoms with E-state index in [4.69, 9.17) is 21.4 Å². The minimum absolute atomic E-state index is 0.00803. The van der Waals surface area contributed by atoms with Crippen molar-refractivity contribution >= 4 is 27.5 Å². The van der Waals surface area contributed by atoms with Crippen LogP contribution in [0.25, 0.3) is 0 Å². The molecule has 0 aliphatic heterocycles. The standard InChI is InChI=1S/C12H7BrClF2NO2/c13-8-2-9(14)10(16)3-11(8)19-12-6(5-18)1-7(15)4-17-12/h1-4,18H,5H2. The Morgan fingerprint density at radius 1 is 1.32 bits per heavy atom. The topological polar surface area (TPSA) is 42.4 Å². The Morgan fingerprint density at radius 3 is 2.74 bits per heavy atom. The van der Waals surface area contributed by atoms with Gasteiger partial charge in [0.25, 0.3) is 0 Å². The second kappa shape index (κ2) is 5.81. The van der Waals surface area contributed by atoms with Gasteiger partial charge in [-0.1, -0.05) is 11.6 Å². The second-order valence-electron chi connectivity index (χ2n) is 3.57. The number of ether oxygens (including phenoxy) is 1. The fourth-order valence-electron chi connectivity index (χ4n) is 1.36. The first kappa shape index (κ1) is 14.2. The average molecular weight is 351 g/mol. The van der Waals surface area contributed by atoms with E-state index < -0.39 is 18.2 Å². The molecule has 0 unspecified atom stereocenters. The number of pyridine rings is 1. The van der Waals surface area contributed by atoms with Gasteiger partial charge in [-0.3, -0.25) is 0 Å². The number of aromatic nitrogens is 1. The van der Waals surface area contributed by atoms with Gasteiger partial charge < -0.3 is 9.84 Å². The van der Waals surface area contributed by atoms with Crippen LogP contribution in [0.3, 0.4) is 0 Å². The summed E-state index contributed by atoms with van der Waals surface area (Å²) in [6.07, 6.45) is 0.939. The second-order valence-corrected chi connectivity index (χ2v) is 4.84. The van der Waals surface area contributed by atoms with Crippen LogP contribution in [0.2, 0.25) is 5.02 Å². The molecule has 1 aromatic carbocycles. The van der Waals surface area contributed by atoms with E-state index in [1.165, 1.54) is 6.07 Å². The van der Waals surface area contributed by atoms with Crippen LogP contribution in [-0.2, 0) is 6.61 Å². The highest BCUT2D eigenvalue weighted by molar-refractivity contribution is 9.10. The molecule has 3 nitrogen and oxygen atoms in total. The van der Waals surface area contributed by atoms with E-state index in [1.54, 1.807) is 0 Å². The minimum Gasteiger partial charge on any atom is -0.437 e. The first-order valence-corrected chi connectivity index (χ1v) is 6.26.